The van der Waals surface area contributed by atoms with Gasteiger partial charge in [0, 0.05) is 26.2 Å². The highest BCUT2D eigenvalue weighted by Gasteiger charge is 2.14. The molecule has 0 spiro atoms. The number of piperazine rings is 1. The SMILES string of the molecule is Br.OCCOc1ccccc1N1CCNCC1. The van der Waals surface area contributed by atoms with Crippen LogP contribution in [0.25, 0.3) is 0 Å². The van der Waals surface area contributed by atoms with Crippen LogP contribution >= 0.6 is 17.0 Å². The number of aliphatic hydroxyl groups is 1. The summed E-state index contributed by atoms with van der Waals surface area (Å²) in [5.74, 6) is 0.860. The number of hydrogen-bond donors (Lipinski definition) is 2. The van der Waals surface area contributed by atoms with Gasteiger partial charge in [0.25, 0.3) is 0 Å². The van der Waals surface area contributed by atoms with Gasteiger partial charge in [0.2, 0.25) is 0 Å². The van der Waals surface area contributed by atoms with Gasteiger partial charge in [-0.3, -0.25) is 0 Å². The van der Waals surface area contributed by atoms with Crippen molar-refractivity contribution in [3.05, 3.63) is 24.3 Å². The monoisotopic (exact) mass is 302 g/mol. The van der Waals surface area contributed by atoms with Gasteiger partial charge in [-0.25, -0.2) is 0 Å². The second kappa shape index (κ2) is 7.53. The fraction of sp³-hybridized carbons (Fsp3) is 0.500. The van der Waals surface area contributed by atoms with Crippen molar-refractivity contribution in [1.29, 1.82) is 0 Å². The van der Waals surface area contributed by atoms with Gasteiger partial charge in [-0.1, -0.05) is 12.1 Å². The fourth-order valence-electron chi connectivity index (χ4n) is 1.90. The first-order chi connectivity index (χ1) is 7.92. The van der Waals surface area contributed by atoms with E-state index in [0.717, 1.165) is 37.6 Å². The minimum absolute atomic E-state index is 0. The molecule has 1 aromatic carbocycles. The fourth-order valence-corrected chi connectivity index (χ4v) is 1.90. The van der Waals surface area contributed by atoms with Crippen molar-refractivity contribution in [2.24, 2.45) is 0 Å². The van der Waals surface area contributed by atoms with Crippen LogP contribution in [0.5, 0.6) is 5.75 Å². The Balaban J connectivity index is 0.00000144. The molecule has 17 heavy (non-hydrogen) atoms. The highest BCUT2D eigenvalue weighted by atomic mass is 79.9. The van der Waals surface area contributed by atoms with Crippen molar-refractivity contribution in [1.82, 2.24) is 5.32 Å². The standard InChI is InChI=1S/C12H18N2O2.BrH/c15-9-10-16-12-4-2-1-3-11(12)14-7-5-13-6-8-14;/h1-4,13,15H,5-10H2;1H. The Labute approximate surface area is 112 Å². The summed E-state index contributed by atoms with van der Waals surface area (Å²) in [4.78, 5) is 2.31. The molecular weight excluding hydrogens is 284 g/mol. The zero-order valence-corrected chi connectivity index (χ0v) is 11.5. The number of hydrogen-bond acceptors (Lipinski definition) is 4. The quantitative estimate of drug-likeness (QED) is 0.872. The lowest BCUT2D eigenvalue weighted by Gasteiger charge is -2.30. The molecule has 2 N–H and O–H groups in total. The molecule has 1 saturated heterocycles. The zero-order chi connectivity index (χ0) is 11.2. The molecule has 0 saturated carbocycles. The lowest BCUT2D eigenvalue weighted by atomic mass is 10.2. The molecule has 0 unspecified atom stereocenters. The third-order valence-corrected chi connectivity index (χ3v) is 2.67. The Morgan fingerprint density at radius 2 is 1.94 bits per heavy atom. The second-order valence-corrected chi connectivity index (χ2v) is 3.78. The average Bonchev–Trinajstić information content (AvgIpc) is 2.38. The Morgan fingerprint density at radius 3 is 2.65 bits per heavy atom. The van der Waals surface area contributed by atoms with Gasteiger partial charge in [-0.15, -0.1) is 17.0 Å². The molecule has 4 nitrogen and oxygen atoms in total. The Bertz CT molecular complexity index is 330. The molecule has 0 bridgehead atoms. The summed E-state index contributed by atoms with van der Waals surface area (Å²) in [5.41, 5.74) is 1.12. The molecule has 5 heteroatoms. The summed E-state index contributed by atoms with van der Waals surface area (Å²) in [6.07, 6.45) is 0. The number of anilines is 1. The van der Waals surface area contributed by atoms with Crippen LogP contribution in [0.2, 0.25) is 0 Å². The van der Waals surface area contributed by atoms with Crippen LogP contribution < -0.4 is 15.0 Å². The Hall–Kier alpha value is -0.780. The van der Waals surface area contributed by atoms with Crippen LogP contribution in [0.4, 0.5) is 5.69 Å². The van der Waals surface area contributed by atoms with E-state index in [2.05, 4.69) is 16.3 Å². The predicted molar refractivity (Wildman–Crippen MR) is 74.4 cm³/mol. The average molecular weight is 303 g/mol. The normalized spacial score (nSPS) is 15.2. The molecule has 0 aromatic heterocycles. The maximum absolute atomic E-state index is 8.78. The molecule has 0 radical (unpaired) electrons. The number of nitrogens with zero attached hydrogens (tertiary/aromatic N) is 1. The summed E-state index contributed by atoms with van der Waals surface area (Å²) in [6.45, 7) is 4.42. The molecule has 1 aromatic rings. The number of rotatable bonds is 4. The molecule has 2 rings (SSSR count). The van der Waals surface area contributed by atoms with Crippen LogP contribution in [-0.4, -0.2) is 44.5 Å². The maximum Gasteiger partial charge on any atom is 0.142 e. The van der Waals surface area contributed by atoms with E-state index in [1.165, 1.54) is 0 Å². The number of aliphatic hydroxyl groups excluding tert-OH is 1. The summed E-state index contributed by atoms with van der Waals surface area (Å²) in [7, 11) is 0. The number of ether oxygens (including phenoxy) is 1. The van der Waals surface area contributed by atoms with Crippen molar-refractivity contribution >= 4 is 22.7 Å². The van der Waals surface area contributed by atoms with Crippen molar-refractivity contribution in [3.63, 3.8) is 0 Å². The van der Waals surface area contributed by atoms with Gasteiger partial charge < -0.3 is 20.1 Å². The van der Waals surface area contributed by atoms with Crippen LogP contribution in [0.3, 0.4) is 0 Å². The minimum atomic E-state index is 0. The molecule has 1 aliphatic rings. The minimum Gasteiger partial charge on any atom is -0.489 e. The molecule has 0 amide bonds. The molecular formula is C12H19BrN2O2. The van der Waals surface area contributed by atoms with Crippen molar-refractivity contribution < 1.29 is 9.84 Å². The van der Waals surface area contributed by atoms with Crippen LogP contribution in [0, 0.1) is 0 Å². The Morgan fingerprint density at radius 1 is 1.24 bits per heavy atom. The van der Waals surface area contributed by atoms with Gasteiger partial charge in [-0.2, -0.15) is 0 Å². The third-order valence-electron chi connectivity index (χ3n) is 2.67. The first kappa shape index (κ1) is 14.3. The predicted octanol–water partition coefficient (Wildman–Crippen LogP) is 1.05. The first-order valence-corrected chi connectivity index (χ1v) is 5.70. The number of nitrogens with one attached hydrogen (secondary N) is 1. The van der Waals surface area contributed by atoms with E-state index in [-0.39, 0.29) is 23.6 Å². The maximum atomic E-state index is 8.78. The highest BCUT2D eigenvalue weighted by Crippen LogP contribution is 2.27. The molecule has 96 valence electrons. The lowest BCUT2D eigenvalue weighted by molar-refractivity contribution is 0.201. The van der Waals surface area contributed by atoms with Crippen molar-refractivity contribution in [3.8, 4) is 5.75 Å². The molecule has 1 fully saturated rings. The number of halogens is 1. The van der Waals surface area contributed by atoms with E-state index in [4.69, 9.17) is 9.84 Å². The van der Waals surface area contributed by atoms with Gasteiger partial charge in [0.15, 0.2) is 0 Å². The summed E-state index contributed by atoms with van der Waals surface area (Å²) < 4.78 is 5.53. The van der Waals surface area contributed by atoms with E-state index >= 15 is 0 Å². The molecule has 0 aliphatic carbocycles. The van der Waals surface area contributed by atoms with Crippen molar-refractivity contribution in [2.45, 2.75) is 0 Å². The van der Waals surface area contributed by atoms with E-state index in [1.54, 1.807) is 0 Å². The highest BCUT2D eigenvalue weighted by molar-refractivity contribution is 8.93. The molecule has 1 heterocycles. The number of para-hydroxylation sites is 2. The van der Waals surface area contributed by atoms with Crippen LogP contribution in [0.1, 0.15) is 0 Å². The number of benzene rings is 1. The van der Waals surface area contributed by atoms with E-state index < -0.39 is 0 Å². The third kappa shape index (κ3) is 3.87. The van der Waals surface area contributed by atoms with Gasteiger partial charge >= 0.3 is 0 Å². The van der Waals surface area contributed by atoms with Crippen LogP contribution in [-0.2, 0) is 0 Å². The Kier molecular flexibility index (Phi) is 6.32. The smallest absolute Gasteiger partial charge is 0.142 e. The van der Waals surface area contributed by atoms with Gasteiger partial charge in [0.1, 0.15) is 12.4 Å². The van der Waals surface area contributed by atoms with Gasteiger partial charge in [0.05, 0.1) is 12.3 Å². The summed E-state index contributed by atoms with van der Waals surface area (Å²) >= 11 is 0. The van der Waals surface area contributed by atoms with Gasteiger partial charge in [-0.05, 0) is 12.1 Å². The van der Waals surface area contributed by atoms with Crippen molar-refractivity contribution in [2.75, 3.05) is 44.3 Å². The first-order valence-electron chi connectivity index (χ1n) is 5.70. The topological polar surface area (TPSA) is 44.7 Å². The van der Waals surface area contributed by atoms with E-state index in [0.29, 0.717) is 6.61 Å². The van der Waals surface area contributed by atoms with E-state index in [1.807, 2.05) is 18.2 Å². The van der Waals surface area contributed by atoms with Crippen LogP contribution in [0.15, 0.2) is 24.3 Å². The zero-order valence-electron chi connectivity index (χ0n) is 9.76. The largest absolute Gasteiger partial charge is 0.489 e. The summed E-state index contributed by atoms with van der Waals surface area (Å²) in [5, 5.41) is 12.1. The second-order valence-electron chi connectivity index (χ2n) is 3.78. The molecule has 0 atom stereocenters. The summed E-state index contributed by atoms with van der Waals surface area (Å²) in [6, 6.07) is 7.99. The molecule has 1 aliphatic heterocycles. The lowest BCUT2D eigenvalue weighted by Crippen LogP contribution is -2.43. The van der Waals surface area contributed by atoms with E-state index in [9.17, 15) is 0 Å².